The van der Waals surface area contributed by atoms with Crippen LogP contribution in [0.3, 0.4) is 0 Å². The van der Waals surface area contributed by atoms with Crippen LogP contribution in [0.5, 0.6) is 5.75 Å². The zero-order chi connectivity index (χ0) is 26.5. The Morgan fingerprint density at radius 2 is 1.92 bits per heavy atom. The van der Waals surface area contributed by atoms with Gasteiger partial charge in [0.05, 0.1) is 29.7 Å². The molecule has 0 atom stereocenters. The second kappa shape index (κ2) is 11.1. The van der Waals surface area contributed by atoms with Crippen molar-refractivity contribution in [3.8, 4) is 11.7 Å². The number of nitrogens with one attached hydrogen (secondary N) is 2. The minimum atomic E-state index is -0.310. The van der Waals surface area contributed by atoms with Crippen LogP contribution in [0.25, 0.3) is 16.9 Å². The lowest BCUT2D eigenvalue weighted by Crippen LogP contribution is -2.29. The molecule has 0 aliphatic heterocycles. The molecule has 4 aromatic rings. The third-order valence-corrected chi connectivity index (χ3v) is 5.99. The number of hydrogen-bond acceptors (Lipinski definition) is 8. The summed E-state index contributed by atoms with van der Waals surface area (Å²) >= 11 is 0. The van der Waals surface area contributed by atoms with Gasteiger partial charge in [-0.1, -0.05) is 24.8 Å². The van der Waals surface area contributed by atoms with Gasteiger partial charge >= 0.3 is 0 Å². The Morgan fingerprint density at radius 3 is 2.65 bits per heavy atom. The molecule has 2 heterocycles. The molecule has 0 spiro atoms. The summed E-state index contributed by atoms with van der Waals surface area (Å²) in [6.45, 7) is 7.22. The van der Waals surface area contributed by atoms with E-state index in [4.69, 9.17) is 4.74 Å². The van der Waals surface area contributed by atoms with E-state index in [2.05, 4.69) is 55.0 Å². The summed E-state index contributed by atoms with van der Waals surface area (Å²) in [5.41, 5.74) is 4.15. The molecule has 192 valence electrons. The summed E-state index contributed by atoms with van der Waals surface area (Å²) in [5, 5.41) is 7.27. The van der Waals surface area contributed by atoms with Crippen molar-refractivity contribution in [2.45, 2.75) is 6.92 Å². The van der Waals surface area contributed by atoms with Crippen molar-refractivity contribution in [2.75, 3.05) is 56.9 Å². The quantitative estimate of drug-likeness (QED) is 0.315. The number of aromatic nitrogens is 4. The highest BCUT2D eigenvalue weighted by Crippen LogP contribution is 2.38. The first-order chi connectivity index (χ1) is 17.8. The van der Waals surface area contributed by atoms with Crippen LogP contribution in [0.2, 0.25) is 0 Å². The van der Waals surface area contributed by atoms with Gasteiger partial charge in [0.25, 0.3) is 0 Å². The summed E-state index contributed by atoms with van der Waals surface area (Å²) in [6, 6.07) is 11.8. The van der Waals surface area contributed by atoms with Gasteiger partial charge in [-0.25, -0.2) is 9.97 Å². The van der Waals surface area contributed by atoms with Crippen LogP contribution in [0.15, 0.2) is 61.6 Å². The van der Waals surface area contributed by atoms with Gasteiger partial charge < -0.3 is 25.2 Å². The highest BCUT2D eigenvalue weighted by atomic mass is 16.5. The summed E-state index contributed by atoms with van der Waals surface area (Å²) < 4.78 is 7.63. The van der Waals surface area contributed by atoms with E-state index in [-0.39, 0.29) is 5.91 Å². The zero-order valence-electron chi connectivity index (χ0n) is 21.8. The average Bonchev–Trinajstić information content (AvgIpc) is 3.24. The van der Waals surface area contributed by atoms with Crippen LogP contribution >= 0.6 is 0 Å². The molecule has 0 saturated heterocycles. The van der Waals surface area contributed by atoms with E-state index in [9.17, 15) is 4.79 Å². The topological polar surface area (TPSA) is 100 Å². The summed E-state index contributed by atoms with van der Waals surface area (Å²) in [5.74, 6) is 1.10. The fourth-order valence-electron chi connectivity index (χ4n) is 4.01. The standard InChI is InChI=1S/C27H32N8O2/c1-7-25(36)30-20-14-21(24(37-6)15-23(20)34(5)13-12-33(3)4)31-26-28-17-29-27(32-26)35-16-18(2)19-10-8-9-11-22(19)35/h7-11,14-17H,1,12-13H2,2-6H3,(H,30,36)(H,28,29,31,32). The van der Waals surface area contributed by atoms with Crippen LogP contribution in [0.1, 0.15) is 5.56 Å². The van der Waals surface area contributed by atoms with Crippen molar-refractivity contribution in [1.29, 1.82) is 0 Å². The van der Waals surface area contributed by atoms with Crippen molar-refractivity contribution in [1.82, 2.24) is 24.4 Å². The maximum absolute atomic E-state index is 12.2. The summed E-state index contributed by atoms with van der Waals surface area (Å²) in [7, 11) is 7.60. The van der Waals surface area contributed by atoms with Gasteiger partial charge in [-0.3, -0.25) is 9.36 Å². The van der Waals surface area contributed by atoms with Crippen molar-refractivity contribution in [2.24, 2.45) is 0 Å². The number of para-hydroxylation sites is 1. The van der Waals surface area contributed by atoms with Gasteiger partial charge in [0.2, 0.25) is 17.8 Å². The number of amides is 1. The molecule has 0 saturated carbocycles. The van der Waals surface area contributed by atoms with Crippen molar-refractivity contribution in [3.63, 3.8) is 0 Å². The molecule has 2 N–H and O–H groups in total. The Hall–Kier alpha value is -4.44. The van der Waals surface area contributed by atoms with E-state index in [1.54, 1.807) is 13.2 Å². The van der Waals surface area contributed by atoms with E-state index in [0.717, 1.165) is 35.2 Å². The van der Waals surface area contributed by atoms with Crippen LogP contribution in [-0.2, 0) is 4.79 Å². The van der Waals surface area contributed by atoms with Gasteiger partial charge in [-0.2, -0.15) is 4.98 Å². The normalized spacial score (nSPS) is 11.0. The maximum Gasteiger partial charge on any atom is 0.247 e. The Balaban J connectivity index is 1.71. The Bertz CT molecular complexity index is 1430. The second-order valence-electron chi connectivity index (χ2n) is 8.92. The number of nitrogens with zero attached hydrogens (tertiary/aromatic N) is 6. The predicted octanol–water partition coefficient (Wildman–Crippen LogP) is 4.00. The molecule has 0 aliphatic rings. The van der Waals surface area contributed by atoms with E-state index >= 15 is 0 Å². The number of methoxy groups -OCH3 is 1. The van der Waals surface area contributed by atoms with Crippen LogP contribution in [0, 0.1) is 6.92 Å². The Labute approximate surface area is 216 Å². The zero-order valence-corrected chi connectivity index (χ0v) is 21.8. The fraction of sp³-hybridized carbons (Fsp3) is 0.259. The van der Waals surface area contributed by atoms with Crippen molar-refractivity contribution < 1.29 is 9.53 Å². The van der Waals surface area contributed by atoms with E-state index in [1.165, 1.54) is 12.4 Å². The average molecular weight is 501 g/mol. The molecule has 0 fully saturated rings. The van der Waals surface area contributed by atoms with E-state index < -0.39 is 0 Å². The molecule has 0 radical (unpaired) electrons. The van der Waals surface area contributed by atoms with Crippen LogP contribution in [-0.4, -0.2) is 71.7 Å². The maximum atomic E-state index is 12.2. The molecule has 2 aromatic carbocycles. The number of carbonyl (C=O) groups excluding carboxylic acids is 1. The second-order valence-corrected chi connectivity index (χ2v) is 8.92. The van der Waals surface area contributed by atoms with Crippen LogP contribution < -0.4 is 20.3 Å². The lowest BCUT2D eigenvalue weighted by Gasteiger charge is -2.26. The lowest BCUT2D eigenvalue weighted by atomic mass is 10.2. The monoisotopic (exact) mass is 500 g/mol. The molecule has 1 amide bonds. The number of rotatable bonds is 10. The van der Waals surface area contributed by atoms with Crippen LogP contribution in [0.4, 0.5) is 23.0 Å². The van der Waals surface area contributed by atoms with E-state index in [1.807, 2.05) is 56.2 Å². The predicted molar refractivity (Wildman–Crippen MR) is 148 cm³/mol. The van der Waals surface area contributed by atoms with Crippen molar-refractivity contribution in [3.05, 3.63) is 67.1 Å². The van der Waals surface area contributed by atoms with Crippen molar-refractivity contribution >= 4 is 39.8 Å². The molecular weight excluding hydrogens is 468 g/mol. The van der Waals surface area contributed by atoms with Gasteiger partial charge in [-0.15, -0.1) is 0 Å². The molecule has 10 nitrogen and oxygen atoms in total. The smallest absolute Gasteiger partial charge is 0.247 e. The molecule has 0 bridgehead atoms. The Kier molecular flexibility index (Phi) is 7.69. The number of aryl methyl sites for hydroxylation is 1. The van der Waals surface area contributed by atoms with Gasteiger partial charge in [-0.05, 0) is 44.8 Å². The third kappa shape index (κ3) is 5.70. The lowest BCUT2D eigenvalue weighted by molar-refractivity contribution is -0.111. The number of benzene rings is 2. The number of likely N-dealkylation sites (N-methyl/N-ethyl adjacent to an activating group) is 2. The first kappa shape index (κ1) is 25.6. The molecule has 37 heavy (non-hydrogen) atoms. The minimum absolute atomic E-state index is 0.310. The highest BCUT2D eigenvalue weighted by molar-refractivity contribution is 6.02. The molecule has 2 aromatic heterocycles. The molecule has 10 heteroatoms. The molecule has 0 aliphatic carbocycles. The molecule has 4 rings (SSSR count). The first-order valence-electron chi connectivity index (χ1n) is 11.8. The number of carbonyl (C=O) groups is 1. The largest absolute Gasteiger partial charge is 0.494 e. The number of hydrogen-bond donors (Lipinski definition) is 2. The minimum Gasteiger partial charge on any atom is -0.494 e. The highest BCUT2D eigenvalue weighted by Gasteiger charge is 2.17. The fourth-order valence-corrected chi connectivity index (χ4v) is 4.01. The summed E-state index contributed by atoms with van der Waals surface area (Å²) in [4.78, 5) is 29.7. The third-order valence-electron chi connectivity index (χ3n) is 5.99. The molecule has 0 unspecified atom stereocenters. The number of ether oxygens (including phenoxy) is 1. The number of fused-ring (bicyclic) bond motifs is 1. The molecular formula is C27H32N8O2. The van der Waals surface area contributed by atoms with Gasteiger partial charge in [0.15, 0.2) is 0 Å². The number of anilines is 4. The Morgan fingerprint density at radius 1 is 1.14 bits per heavy atom. The summed E-state index contributed by atoms with van der Waals surface area (Å²) in [6.07, 6.45) is 4.71. The van der Waals surface area contributed by atoms with Gasteiger partial charge in [0, 0.05) is 37.8 Å². The SMILES string of the molecule is C=CC(=O)Nc1cc(Nc2ncnc(-n3cc(C)c4ccccc43)n2)c(OC)cc1N(C)CCN(C)C. The first-order valence-corrected chi connectivity index (χ1v) is 11.8. The van der Waals surface area contributed by atoms with Gasteiger partial charge in [0.1, 0.15) is 12.1 Å². The van der Waals surface area contributed by atoms with E-state index in [0.29, 0.717) is 29.0 Å².